The summed E-state index contributed by atoms with van der Waals surface area (Å²) >= 11 is 0. The molecule has 19 heavy (non-hydrogen) atoms. The molecule has 0 saturated heterocycles. The van der Waals surface area contributed by atoms with E-state index in [0.717, 1.165) is 37.1 Å². The fourth-order valence-electron chi connectivity index (χ4n) is 2.41. The second kappa shape index (κ2) is 6.55. The van der Waals surface area contributed by atoms with Gasteiger partial charge in [0.05, 0.1) is 6.20 Å². The van der Waals surface area contributed by atoms with Gasteiger partial charge in [-0.2, -0.15) is 0 Å². The second-order valence-corrected chi connectivity index (χ2v) is 5.33. The van der Waals surface area contributed by atoms with E-state index in [-0.39, 0.29) is 12.2 Å². The molecule has 0 bridgehead atoms. The van der Waals surface area contributed by atoms with Crippen molar-refractivity contribution >= 4 is 6.47 Å². The van der Waals surface area contributed by atoms with Crippen LogP contribution in [0.25, 0.3) is 0 Å². The van der Waals surface area contributed by atoms with E-state index in [9.17, 15) is 4.79 Å². The maximum absolute atomic E-state index is 10.4. The van der Waals surface area contributed by atoms with E-state index >= 15 is 0 Å². The van der Waals surface area contributed by atoms with Crippen molar-refractivity contribution in [1.29, 1.82) is 0 Å². The Morgan fingerprint density at radius 1 is 1.32 bits per heavy atom. The van der Waals surface area contributed by atoms with Crippen LogP contribution >= 0.6 is 0 Å². The van der Waals surface area contributed by atoms with Crippen LogP contribution in [-0.4, -0.2) is 23.7 Å². The third-order valence-corrected chi connectivity index (χ3v) is 3.48. The summed E-state index contributed by atoms with van der Waals surface area (Å²) in [6.07, 6.45) is 5.63. The maximum atomic E-state index is 10.4. The average Bonchev–Trinajstić information content (AvgIpc) is 2.40. The number of aromatic nitrogens is 1. The molecule has 1 aliphatic rings. The molecule has 0 spiro atoms. The molecule has 1 fully saturated rings. The van der Waals surface area contributed by atoms with Gasteiger partial charge in [-0.05, 0) is 37.3 Å². The van der Waals surface area contributed by atoms with Gasteiger partial charge < -0.3 is 9.47 Å². The Kier molecular flexibility index (Phi) is 4.77. The van der Waals surface area contributed by atoms with E-state index in [1.54, 1.807) is 6.20 Å². The maximum Gasteiger partial charge on any atom is 0.293 e. The molecule has 1 aliphatic carbocycles. The number of carbonyl (C=O) groups excluding carboxylic acids is 1. The van der Waals surface area contributed by atoms with Gasteiger partial charge >= 0.3 is 0 Å². The molecule has 2 rings (SSSR count). The molecule has 1 aromatic heterocycles. The van der Waals surface area contributed by atoms with E-state index in [0.29, 0.717) is 12.4 Å². The molecule has 0 radical (unpaired) electrons. The van der Waals surface area contributed by atoms with Crippen molar-refractivity contribution in [3.05, 3.63) is 24.0 Å². The molecule has 1 aromatic rings. The van der Waals surface area contributed by atoms with Gasteiger partial charge in [0.15, 0.2) is 0 Å². The molecule has 0 unspecified atom stereocenters. The minimum Gasteiger partial charge on any atom is -0.489 e. The number of hydrogen-bond donors (Lipinski definition) is 0. The number of nitrogens with zero attached hydrogens (tertiary/aromatic N) is 1. The Bertz CT molecular complexity index is 402. The lowest BCUT2D eigenvalue weighted by Gasteiger charge is -2.28. The van der Waals surface area contributed by atoms with Crippen molar-refractivity contribution < 1.29 is 14.3 Å². The summed E-state index contributed by atoms with van der Waals surface area (Å²) in [6.45, 7) is 4.77. The lowest BCUT2D eigenvalue weighted by Crippen LogP contribution is -2.30. The first-order valence-electron chi connectivity index (χ1n) is 6.90. The highest BCUT2D eigenvalue weighted by molar-refractivity contribution is 5.37. The van der Waals surface area contributed by atoms with Crippen LogP contribution in [0.3, 0.4) is 0 Å². The van der Waals surface area contributed by atoms with Crippen LogP contribution in [0.2, 0.25) is 0 Å². The summed E-state index contributed by atoms with van der Waals surface area (Å²) in [4.78, 5) is 14.8. The quantitative estimate of drug-likeness (QED) is 0.766. The normalized spacial score (nSPS) is 23.1. The van der Waals surface area contributed by atoms with Gasteiger partial charge in [-0.1, -0.05) is 13.8 Å². The van der Waals surface area contributed by atoms with Crippen LogP contribution in [0.1, 0.15) is 51.1 Å². The van der Waals surface area contributed by atoms with Crippen LogP contribution in [0.15, 0.2) is 18.3 Å². The molecular weight excluding hydrogens is 242 g/mol. The fraction of sp³-hybridized carbons (Fsp3) is 0.600. The van der Waals surface area contributed by atoms with Crippen LogP contribution in [0, 0.1) is 0 Å². The monoisotopic (exact) mass is 263 g/mol. The third kappa shape index (κ3) is 3.94. The average molecular weight is 263 g/mol. The Morgan fingerprint density at radius 3 is 2.74 bits per heavy atom. The van der Waals surface area contributed by atoms with Gasteiger partial charge in [0.1, 0.15) is 18.0 Å². The highest BCUT2D eigenvalue weighted by atomic mass is 16.5. The van der Waals surface area contributed by atoms with Crippen LogP contribution in [-0.2, 0) is 9.53 Å². The summed E-state index contributed by atoms with van der Waals surface area (Å²) in [6, 6.07) is 3.97. The number of rotatable bonds is 5. The predicted octanol–water partition coefficient (Wildman–Crippen LogP) is 3.07. The molecule has 104 valence electrons. The van der Waals surface area contributed by atoms with Crippen LogP contribution in [0.4, 0.5) is 0 Å². The van der Waals surface area contributed by atoms with Crippen molar-refractivity contribution in [3.63, 3.8) is 0 Å². The molecule has 0 amide bonds. The topological polar surface area (TPSA) is 48.4 Å². The van der Waals surface area contributed by atoms with Gasteiger partial charge in [0.25, 0.3) is 6.47 Å². The first kappa shape index (κ1) is 13.8. The second-order valence-electron chi connectivity index (χ2n) is 5.33. The smallest absolute Gasteiger partial charge is 0.293 e. The Hall–Kier alpha value is -1.58. The summed E-state index contributed by atoms with van der Waals surface area (Å²) in [5.74, 6) is 1.22. The predicted molar refractivity (Wildman–Crippen MR) is 72.1 cm³/mol. The van der Waals surface area contributed by atoms with Gasteiger partial charge in [-0.25, -0.2) is 0 Å². The zero-order valence-corrected chi connectivity index (χ0v) is 11.5. The number of pyridine rings is 1. The number of ether oxygens (including phenoxy) is 2. The Labute approximate surface area is 114 Å². The first-order chi connectivity index (χ1) is 9.19. The standard InChI is InChI=1S/C15H21NO3/c1-11(2)15-7-6-14(9-16-15)19-13-5-3-4-12(8-13)18-10-17/h6-7,9-13H,3-5,8H2,1-2H3/t12-,13-/m0/s1. The highest BCUT2D eigenvalue weighted by Gasteiger charge is 2.24. The van der Waals surface area contributed by atoms with Crippen molar-refractivity contribution in [2.24, 2.45) is 0 Å². The summed E-state index contributed by atoms with van der Waals surface area (Å²) in [5.41, 5.74) is 1.07. The summed E-state index contributed by atoms with van der Waals surface area (Å²) in [7, 11) is 0. The zero-order chi connectivity index (χ0) is 13.7. The minimum atomic E-state index is -0.000790. The van der Waals surface area contributed by atoms with E-state index < -0.39 is 0 Å². The van der Waals surface area contributed by atoms with Gasteiger partial charge in [0.2, 0.25) is 0 Å². The van der Waals surface area contributed by atoms with E-state index in [1.807, 2.05) is 12.1 Å². The van der Waals surface area contributed by atoms with Gasteiger partial charge in [-0.15, -0.1) is 0 Å². The first-order valence-corrected chi connectivity index (χ1v) is 6.90. The van der Waals surface area contributed by atoms with E-state index in [2.05, 4.69) is 18.8 Å². The number of hydrogen-bond acceptors (Lipinski definition) is 4. The van der Waals surface area contributed by atoms with Crippen molar-refractivity contribution in [1.82, 2.24) is 4.98 Å². The molecule has 0 aromatic carbocycles. The Morgan fingerprint density at radius 2 is 2.11 bits per heavy atom. The third-order valence-electron chi connectivity index (χ3n) is 3.48. The van der Waals surface area contributed by atoms with Crippen LogP contribution < -0.4 is 4.74 Å². The minimum absolute atomic E-state index is 0.000790. The molecule has 2 atom stereocenters. The van der Waals surface area contributed by atoms with Gasteiger partial charge in [-0.3, -0.25) is 9.78 Å². The van der Waals surface area contributed by atoms with Gasteiger partial charge in [0, 0.05) is 12.1 Å². The fourth-order valence-corrected chi connectivity index (χ4v) is 2.41. The molecular formula is C15H21NO3. The highest BCUT2D eigenvalue weighted by Crippen LogP contribution is 2.25. The van der Waals surface area contributed by atoms with Crippen molar-refractivity contribution in [3.8, 4) is 5.75 Å². The molecule has 0 aliphatic heterocycles. The summed E-state index contributed by atoms with van der Waals surface area (Å²) < 4.78 is 10.9. The molecule has 0 N–H and O–H groups in total. The summed E-state index contributed by atoms with van der Waals surface area (Å²) in [5, 5.41) is 0. The van der Waals surface area contributed by atoms with E-state index in [1.165, 1.54) is 0 Å². The largest absolute Gasteiger partial charge is 0.489 e. The lowest BCUT2D eigenvalue weighted by molar-refractivity contribution is -0.136. The SMILES string of the molecule is CC(C)c1ccc(O[C@H]2CCC[C@H](OC=O)C2)cn1. The van der Waals surface area contributed by atoms with E-state index in [4.69, 9.17) is 9.47 Å². The zero-order valence-electron chi connectivity index (χ0n) is 11.5. The number of carbonyl (C=O) groups is 1. The van der Waals surface area contributed by atoms with Crippen molar-refractivity contribution in [2.45, 2.75) is 57.7 Å². The van der Waals surface area contributed by atoms with Crippen molar-refractivity contribution in [2.75, 3.05) is 0 Å². The molecule has 1 heterocycles. The molecule has 4 heteroatoms. The van der Waals surface area contributed by atoms with Crippen LogP contribution in [0.5, 0.6) is 5.75 Å². The molecule has 1 saturated carbocycles. The Balaban J connectivity index is 1.91. The lowest BCUT2D eigenvalue weighted by atomic mass is 9.95. The molecule has 4 nitrogen and oxygen atoms in total.